The van der Waals surface area contributed by atoms with E-state index in [4.69, 9.17) is 18.7 Å². The van der Waals surface area contributed by atoms with Crippen LogP contribution >= 0.6 is 0 Å². The summed E-state index contributed by atoms with van der Waals surface area (Å²) in [5.41, 5.74) is 1.65. The quantitative estimate of drug-likeness (QED) is 0.551. The third kappa shape index (κ3) is 4.71. The van der Waals surface area contributed by atoms with E-state index >= 15 is 4.39 Å². The second-order valence-electron chi connectivity index (χ2n) is 8.71. The molecule has 2 amide bonds. The zero-order valence-corrected chi connectivity index (χ0v) is 19.0. The van der Waals surface area contributed by atoms with Crippen LogP contribution < -0.4 is 9.64 Å². The van der Waals surface area contributed by atoms with E-state index in [1.807, 2.05) is 6.08 Å². The Balaban J connectivity index is 1.26. The van der Waals surface area contributed by atoms with Crippen molar-refractivity contribution in [1.29, 1.82) is 0 Å². The fourth-order valence-electron chi connectivity index (χ4n) is 4.86. The largest absolute Gasteiger partial charge is 0.471 e. The third-order valence-electron chi connectivity index (χ3n) is 6.40. The van der Waals surface area contributed by atoms with Crippen LogP contribution in [0.1, 0.15) is 31.7 Å². The molecule has 3 aliphatic heterocycles. The second kappa shape index (κ2) is 9.40. The minimum atomic E-state index is -0.581. The van der Waals surface area contributed by atoms with Gasteiger partial charge in [-0.1, -0.05) is 6.08 Å². The molecule has 11 heteroatoms. The number of halogens is 1. The number of aromatic nitrogens is 1. The van der Waals surface area contributed by atoms with Crippen molar-refractivity contribution in [2.24, 2.45) is 0 Å². The number of cyclic esters (lactones) is 1. The minimum absolute atomic E-state index is 0.0684. The highest BCUT2D eigenvalue weighted by atomic mass is 19.1. The third-order valence-corrected chi connectivity index (χ3v) is 6.40. The van der Waals surface area contributed by atoms with Gasteiger partial charge in [0.2, 0.25) is 0 Å². The molecule has 2 bridgehead atoms. The minimum Gasteiger partial charge on any atom is -0.471 e. The maximum absolute atomic E-state index is 15.2. The summed E-state index contributed by atoms with van der Waals surface area (Å²) in [5, 5.41) is 3.64. The molecule has 184 valence electrons. The number of carbonyl (C=O) groups excluding carboxylic acids is 3. The van der Waals surface area contributed by atoms with Gasteiger partial charge in [0, 0.05) is 24.6 Å². The summed E-state index contributed by atoms with van der Waals surface area (Å²) in [6.45, 7) is 1.28. The SMILES string of the molecule is CC(=O)OCC(=O)N1C2C=C(c3ccc(N4C[C@H](COc5ccon5)OC4=O)cc3F)CC1CC2. The molecule has 2 aromatic rings. The zero-order valence-electron chi connectivity index (χ0n) is 19.0. The number of nitrogens with zero attached hydrogens (tertiary/aromatic N) is 3. The van der Waals surface area contributed by atoms with Crippen LogP contribution in [-0.4, -0.2) is 66.0 Å². The van der Waals surface area contributed by atoms with E-state index in [0.717, 1.165) is 18.4 Å². The molecule has 4 heterocycles. The van der Waals surface area contributed by atoms with E-state index in [2.05, 4.69) is 5.16 Å². The van der Waals surface area contributed by atoms with Gasteiger partial charge in [-0.05, 0) is 48.2 Å². The molecule has 2 fully saturated rings. The van der Waals surface area contributed by atoms with E-state index in [9.17, 15) is 14.4 Å². The van der Waals surface area contributed by atoms with Gasteiger partial charge >= 0.3 is 12.1 Å². The number of esters is 1. The monoisotopic (exact) mass is 485 g/mol. The molecule has 0 aliphatic carbocycles. The Morgan fingerprint density at radius 2 is 2.11 bits per heavy atom. The number of carbonyl (C=O) groups is 3. The van der Waals surface area contributed by atoms with Gasteiger partial charge in [0.1, 0.15) is 18.7 Å². The zero-order chi connectivity index (χ0) is 24.5. The molecule has 0 spiro atoms. The van der Waals surface area contributed by atoms with E-state index < -0.39 is 24.0 Å². The average molecular weight is 485 g/mol. The van der Waals surface area contributed by atoms with Crippen LogP contribution in [0.15, 0.2) is 41.1 Å². The number of ether oxygens (including phenoxy) is 3. The smallest absolute Gasteiger partial charge is 0.414 e. The first-order valence-electron chi connectivity index (χ1n) is 11.4. The molecule has 35 heavy (non-hydrogen) atoms. The number of fused-ring (bicyclic) bond motifs is 2. The standard InChI is InChI=1S/C24H24FN3O7/c1-14(29)32-13-23(30)28-17-2-3-18(28)9-15(8-17)20-5-4-16(10-21(20)25)27-11-19(35-24(27)31)12-33-22-6-7-34-26-22/h4-8,10,17-19H,2-3,9,11-13H2,1H3/t17?,18?,19-/m1/s1. The number of amides is 2. The van der Waals surface area contributed by atoms with Crippen molar-refractivity contribution in [3.8, 4) is 5.88 Å². The molecule has 10 nitrogen and oxygen atoms in total. The highest BCUT2D eigenvalue weighted by Gasteiger charge is 2.40. The van der Waals surface area contributed by atoms with E-state index in [-0.39, 0.29) is 43.6 Å². The summed E-state index contributed by atoms with van der Waals surface area (Å²) in [4.78, 5) is 39.0. The molecular weight excluding hydrogens is 461 g/mol. The fraction of sp³-hybridized carbons (Fsp3) is 0.417. The van der Waals surface area contributed by atoms with Gasteiger partial charge in [0.25, 0.3) is 11.8 Å². The Labute approximate surface area is 200 Å². The molecule has 0 radical (unpaired) electrons. The predicted octanol–water partition coefficient (Wildman–Crippen LogP) is 2.93. The van der Waals surface area contributed by atoms with Crippen molar-refractivity contribution in [1.82, 2.24) is 10.1 Å². The van der Waals surface area contributed by atoms with Crippen LogP contribution in [-0.2, 0) is 19.1 Å². The molecule has 1 aromatic heterocycles. The Hall–Kier alpha value is -3.89. The molecule has 1 aromatic carbocycles. The van der Waals surface area contributed by atoms with Crippen LogP contribution in [0.5, 0.6) is 5.88 Å². The van der Waals surface area contributed by atoms with Gasteiger partial charge < -0.3 is 23.6 Å². The summed E-state index contributed by atoms with van der Waals surface area (Å²) >= 11 is 0. The van der Waals surface area contributed by atoms with Crippen LogP contribution in [0.3, 0.4) is 0 Å². The molecule has 2 unspecified atom stereocenters. The van der Waals surface area contributed by atoms with Crippen molar-refractivity contribution in [3.05, 3.63) is 48.0 Å². The normalized spacial score (nSPS) is 23.2. The summed E-state index contributed by atoms with van der Waals surface area (Å²) in [7, 11) is 0. The maximum atomic E-state index is 15.2. The highest BCUT2D eigenvalue weighted by Crippen LogP contribution is 2.40. The number of rotatable bonds is 7. The highest BCUT2D eigenvalue weighted by molar-refractivity contribution is 5.90. The van der Waals surface area contributed by atoms with Gasteiger partial charge in [-0.25, -0.2) is 9.18 Å². The lowest BCUT2D eigenvalue weighted by Crippen LogP contribution is -2.44. The van der Waals surface area contributed by atoms with Crippen molar-refractivity contribution < 1.29 is 37.5 Å². The summed E-state index contributed by atoms with van der Waals surface area (Å²) in [6.07, 6.45) is 4.25. The molecule has 0 saturated carbocycles. The topological polar surface area (TPSA) is 111 Å². The van der Waals surface area contributed by atoms with E-state index in [0.29, 0.717) is 17.7 Å². The average Bonchev–Trinajstić information content (AvgIpc) is 3.54. The van der Waals surface area contributed by atoms with Crippen LogP contribution in [0.2, 0.25) is 0 Å². The van der Waals surface area contributed by atoms with Crippen LogP contribution in [0.25, 0.3) is 5.57 Å². The Bertz CT molecular complexity index is 1170. The molecule has 3 aliphatic rings. The van der Waals surface area contributed by atoms with Crippen LogP contribution in [0, 0.1) is 5.82 Å². The van der Waals surface area contributed by atoms with E-state index in [1.54, 1.807) is 23.1 Å². The first-order chi connectivity index (χ1) is 16.9. The number of hydrogen-bond donors (Lipinski definition) is 0. The van der Waals surface area contributed by atoms with Gasteiger partial charge in [-0.15, -0.1) is 0 Å². The molecule has 2 saturated heterocycles. The van der Waals surface area contributed by atoms with Gasteiger partial charge in [-0.3, -0.25) is 14.5 Å². The second-order valence-corrected chi connectivity index (χ2v) is 8.71. The van der Waals surface area contributed by atoms with Crippen molar-refractivity contribution >= 4 is 29.2 Å². The Morgan fingerprint density at radius 3 is 2.83 bits per heavy atom. The summed E-state index contributed by atoms with van der Waals surface area (Å²) in [5.74, 6) is -0.913. The Kier molecular flexibility index (Phi) is 6.14. The molecular formula is C24H24FN3O7. The summed E-state index contributed by atoms with van der Waals surface area (Å²) in [6, 6.07) is 5.97. The first-order valence-corrected chi connectivity index (χ1v) is 11.4. The van der Waals surface area contributed by atoms with E-state index in [1.165, 1.54) is 24.2 Å². The number of hydrogen-bond acceptors (Lipinski definition) is 8. The molecule has 0 N–H and O–H groups in total. The van der Waals surface area contributed by atoms with Crippen molar-refractivity contribution in [2.75, 3.05) is 24.7 Å². The lowest BCUT2D eigenvalue weighted by atomic mass is 9.94. The van der Waals surface area contributed by atoms with Gasteiger partial charge in [0.05, 0.1) is 18.3 Å². The maximum Gasteiger partial charge on any atom is 0.414 e. The first kappa shape index (κ1) is 22.9. The summed E-state index contributed by atoms with van der Waals surface area (Å²) < 4.78 is 35.5. The Morgan fingerprint density at radius 1 is 1.26 bits per heavy atom. The molecule has 5 rings (SSSR count). The van der Waals surface area contributed by atoms with Crippen molar-refractivity contribution in [3.63, 3.8) is 0 Å². The molecule has 3 atom stereocenters. The fourth-order valence-corrected chi connectivity index (χ4v) is 4.86. The predicted molar refractivity (Wildman–Crippen MR) is 119 cm³/mol. The lowest BCUT2D eigenvalue weighted by Gasteiger charge is -2.34. The number of anilines is 1. The number of benzene rings is 1. The van der Waals surface area contributed by atoms with Gasteiger partial charge in [-0.2, -0.15) is 0 Å². The lowest BCUT2D eigenvalue weighted by molar-refractivity contribution is -0.151. The van der Waals surface area contributed by atoms with Crippen molar-refractivity contribution in [2.45, 2.75) is 44.4 Å². The van der Waals surface area contributed by atoms with Gasteiger partial charge in [0.15, 0.2) is 12.7 Å². The van der Waals surface area contributed by atoms with Crippen LogP contribution in [0.4, 0.5) is 14.9 Å².